The van der Waals surface area contributed by atoms with E-state index in [0.29, 0.717) is 10.6 Å². The van der Waals surface area contributed by atoms with E-state index in [1.807, 2.05) is 36.4 Å². The highest BCUT2D eigenvalue weighted by atomic mass is 35.5. The molecule has 0 radical (unpaired) electrons. The van der Waals surface area contributed by atoms with Crippen LogP contribution in [0.3, 0.4) is 0 Å². The maximum Gasteiger partial charge on any atom is 0.150 e. The molecule has 0 aliphatic heterocycles. The number of halogens is 1. The third-order valence-electron chi connectivity index (χ3n) is 3.06. The van der Waals surface area contributed by atoms with Crippen LogP contribution in [0, 0.1) is 0 Å². The first-order valence-corrected chi connectivity index (χ1v) is 6.52. The molecule has 0 amide bonds. The van der Waals surface area contributed by atoms with E-state index in [9.17, 15) is 4.79 Å². The molecule has 0 spiro atoms. The molecule has 0 fully saturated rings. The molecule has 0 N–H and O–H groups in total. The van der Waals surface area contributed by atoms with E-state index >= 15 is 0 Å². The van der Waals surface area contributed by atoms with E-state index in [4.69, 9.17) is 11.6 Å². The molecule has 0 bridgehead atoms. The van der Waals surface area contributed by atoms with E-state index in [2.05, 4.69) is 5.10 Å². The Kier molecular flexibility index (Phi) is 3.35. The van der Waals surface area contributed by atoms with Gasteiger partial charge in [-0.3, -0.25) is 4.79 Å². The van der Waals surface area contributed by atoms with Crippen LogP contribution in [0.15, 0.2) is 60.8 Å². The number of nitrogens with zero attached hydrogens (tertiary/aromatic N) is 2. The van der Waals surface area contributed by atoms with E-state index < -0.39 is 0 Å². The second-order valence-corrected chi connectivity index (χ2v) is 4.75. The fourth-order valence-corrected chi connectivity index (χ4v) is 2.31. The summed E-state index contributed by atoms with van der Waals surface area (Å²) in [6, 6.07) is 16.8. The summed E-state index contributed by atoms with van der Waals surface area (Å²) in [7, 11) is 0. The van der Waals surface area contributed by atoms with Gasteiger partial charge in [0.15, 0.2) is 6.29 Å². The molecule has 3 aromatic rings. The van der Waals surface area contributed by atoms with Crippen molar-refractivity contribution in [3.05, 3.63) is 71.4 Å². The highest BCUT2D eigenvalue weighted by molar-refractivity contribution is 6.31. The summed E-state index contributed by atoms with van der Waals surface area (Å²) in [4.78, 5) is 11.2. The zero-order chi connectivity index (χ0) is 13.9. The molecule has 20 heavy (non-hydrogen) atoms. The summed E-state index contributed by atoms with van der Waals surface area (Å²) in [5.74, 6) is 0. The Morgan fingerprint density at radius 1 is 1.05 bits per heavy atom. The number of para-hydroxylation sites is 1. The highest BCUT2D eigenvalue weighted by Crippen LogP contribution is 2.27. The first-order chi connectivity index (χ1) is 9.79. The minimum absolute atomic E-state index is 0.589. The van der Waals surface area contributed by atoms with Crippen LogP contribution in [-0.4, -0.2) is 16.1 Å². The van der Waals surface area contributed by atoms with Gasteiger partial charge in [0.25, 0.3) is 0 Å². The summed E-state index contributed by atoms with van der Waals surface area (Å²) in [6.45, 7) is 0. The predicted molar refractivity (Wildman–Crippen MR) is 79.4 cm³/mol. The van der Waals surface area contributed by atoms with Crippen molar-refractivity contribution in [2.24, 2.45) is 0 Å². The second-order valence-electron chi connectivity index (χ2n) is 4.31. The first-order valence-electron chi connectivity index (χ1n) is 6.14. The number of benzene rings is 2. The lowest BCUT2D eigenvalue weighted by atomic mass is 10.1. The van der Waals surface area contributed by atoms with Crippen LogP contribution in [0.2, 0.25) is 5.02 Å². The van der Waals surface area contributed by atoms with E-state index in [-0.39, 0.29) is 0 Å². The summed E-state index contributed by atoms with van der Waals surface area (Å²) in [6.07, 6.45) is 2.53. The number of carbonyl (C=O) groups is 1. The summed E-state index contributed by atoms with van der Waals surface area (Å²) in [5.41, 5.74) is 3.13. The molecule has 98 valence electrons. The van der Waals surface area contributed by atoms with Crippen molar-refractivity contribution in [2.75, 3.05) is 0 Å². The number of hydrogen-bond acceptors (Lipinski definition) is 2. The molecular formula is C16H11ClN2O. The van der Waals surface area contributed by atoms with Crippen molar-refractivity contribution in [3.8, 4) is 16.9 Å². The minimum Gasteiger partial charge on any atom is -0.298 e. The van der Waals surface area contributed by atoms with Gasteiger partial charge in [-0.15, -0.1) is 0 Å². The molecule has 0 saturated carbocycles. The fraction of sp³-hybridized carbons (Fsp3) is 0. The molecule has 0 saturated heterocycles. The molecular weight excluding hydrogens is 272 g/mol. The van der Waals surface area contributed by atoms with Gasteiger partial charge in [-0.05, 0) is 36.4 Å². The number of carbonyl (C=O) groups excluding carboxylic acids is 1. The largest absolute Gasteiger partial charge is 0.298 e. The maximum atomic E-state index is 11.2. The topological polar surface area (TPSA) is 34.9 Å². The van der Waals surface area contributed by atoms with Crippen LogP contribution in [0.1, 0.15) is 10.4 Å². The Hall–Kier alpha value is -2.39. The smallest absolute Gasteiger partial charge is 0.150 e. The maximum absolute atomic E-state index is 11.2. The number of rotatable bonds is 3. The van der Waals surface area contributed by atoms with Crippen molar-refractivity contribution < 1.29 is 4.79 Å². The zero-order valence-corrected chi connectivity index (χ0v) is 11.3. The van der Waals surface area contributed by atoms with Crippen molar-refractivity contribution >= 4 is 17.9 Å². The van der Waals surface area contributed by atoms with Gasteiger partial charge >= 0.3 is 0 Å². The van der Waals surface area contributed by atoms with E-state index in [1.165, 1.54) is 0 Å². The van der Waals surface area contributed by atoms with Gasteiger partial charge in [0, 0.05) is 16.1 Å². The van der Waals surface area contributed by atoms with Crippen molar-refractivity contribution in [1.82, 2.24) is 9.78 Å². The van der Waals surface area contributed by atoms with Gasteiger partial charge in [-0.2, -0.15) is 5.10 Å². The minimum atomic E-state index is 0.589. The van der Waals surface area contributed by atoms with Crippen molar-refractivity contribution in [2.45, 2.75) is 0 Å². The van der Waals surface area contributed by atoms with Crippen LogP contribution >= 0.6 is 11.6 Å². The van der Waals surface area contributed by atoms with E-state index in [1.54, 1.807) is 29.1 Å². The Morgan fingerprint density at radius 2 is 1.85 bits per heavy atom. The van der Waals surface area contributed by atoms with Crippen LogP contribution < -0.4 is 0 Å². The lowest BCUT2D eigenvalue weighted by Crippen LogP contribution is -2.00. The quantitative estimate of drug-likeness (QED) is 0.681. The van der Waals surface area contributed by atoms with Gasteiger partial charge in [0.05, 0.1) is 17.6 Å². The molecule has 1 aromatic heterocycles. The predicted octanol–water partition coefficient (Wildman–Crippen LogP) is 4.01. The number of aromatic nitrogens is 2. The third kappa shape index (κ3) is 2.24. The highest BCUT2D eigenvalue weighted by Gasteiger charge is 2.11. The number of hydrogen-bond donors (Lipinski definition) is 0. The Bertz CT molecular complexity index is 750. The molecule has 3 nitrogen and oxygen atoms in total. The zero-order valence-electron chi connectivity index (χ0n) is 10.5. The first kappa shape index (κ1) is 12.6. The molecule has 0 atom stereocenters. The average Bonchev–Trinajstić information content (AvgIpc) is 2.97. The van der Waals surface area contributed by atoms with Crippen LogP contribution in [0.5, 0.6) is 0 Å². The Morgan fingerprint density at radius 3 is 2.60 bits per heavy atom. The Labute approximate surface area is 121 Å². The summed E-state index contributed by atoms with van der Waals surface area (Å²) in [5, 5.41) is 4.91. The van der Waals surface area contributed by atoms with Gasteiger partial charge in [0.1, 0.15) is 0 Å². The SMILES string of the molecule is O=Cc1ccc(Cl)cc1-c1ccnn1-c1ccccc1. The van der Waals surface area contributed by atoms with Gasteiger partial charge < -0.3 is 0 Å². The fourth-order valence-electron chi connectivity index (χ4n) is 2.14. The third-order valence-corrected chi connectivity index (χ3v) is 3.30. The van der Waals surface area contributed by atoms with Crippen molar-refractivity contribution in [1.29, 1.82) is 0 Å². The van der Waals surface area contributed by atoms with Crippen LogP contribution in [0.25, 0.3) is 16.9 Å². The summed E-state index contributed by atoms with van der Waals surface area (Å²) < 4.78 is 1.79. The lowest BCUT2D eigenvalue weighted by Gasteiger charge is -2.09. The standard InChI is InChI=1S/C16H11ClN2O/c17-13-7-6-12(11-20)15(10-13)16-8-9-18-19(16)14-4-2-1-3-5-14/h1-11H. The monoisotopic (exact) mass is 282 g/mol. The lowest BCUT2D eigenvalue weighted by molar-refractivity contribution is 0.112. The van der Waals surface area contributed by atoms with Gasteiger partial charge in [0.2, 0.25) is 0 Å². The normalized spacial score (nSPS) is 10.4. The van der Waals surface area contributed by atoms with Crippen LogP contribution in [-0.2, 0) is 0 Å². The molecule has 0 aliphatic rings. The van der Waals surface area contributed by atoms with E-state index in [0.717, 1.165) is 23.2 Å². The molecule has 3 rings (SSSR count). The van der Waals surface area contributed by atoms with Gasteiger partial charge in [-0.25, -0.2) is 4.68 Å². The van der Waals surface area contributed by atoms with Crippen molar-refractivity contribution in [3.63, 3.8) is 0 Å². The molecule has 2 aromatic carbocycles. The second kappa shape index (κ2) is 5.31. The summed E-state index contributed by atoms with van der Waals surface area (Å²) >= 11 is 6.04. The number of aldehydes is 1. The van der Waals surface area contributed by atoms with Crippen LogP contribution in [0.4, 0.5) is 0 Å². The molecule has 4 heteroatoms. The molecule has 1 heterocycles. The molecule has 0 unspecified atom stereocenters. The van der Waals surface area contributed by atoms with Gasteiger partial charge in [-0.1, -0.05) is 29.8 Å². The average molecular weight is 283 g/mol. The molecule has 0 aliphatic carbocycles. The Balaban J connectivity index is 2.20.